The number of rotatable bonds is 0. The maximum atomic E-state index is 9.78. The zero-order chi connectivity index (χ0) is 9.71. The molecular formula is C12H12O2. The van der Waals surface area contributed by atoms with Crippen LogP contribution in [0.2, 0.25) is 0 Å². The fourth-order valence-electron chi connectivity index (χ4n) is 2.64. The molecule has 1 aromatic carbocycles. The summed E-state index contributed by atoms with van der Waals surface area (Å²) in [6.45, 7) is 0. The Morgan fingerprint density at radius 2 is 1.71 bits per heavy atom. The van der Waals surface area contributed by atoms with Crippen molar-refractivity contribution in [3.05, 3.63) is 35.4 Å². The molecular weight excluding hydrogens is 176 g/mol. The highest BCUT2D eigenvalue weighted by atomic mass is 16.3. The van der Waals surface area contributed by atoms with Gasteiger partial charge in [-0.05, 0) is 24.5 Å². The van der Waals surface area contributed by atoms with Crippen LogP contribution in [0.3, 0.4) is 0 Å². The van der Waals surface area contributed by atoms with E-state index in [-0.39, 0.29) is 11.5 Å². The highest BCUT2D eigenvalue weighted by molar-refractivity contribution is 5.56. The van der Waals surface area contributed by atoms with Gasteiger partial charge in [0.15, 0.2) is 11.5 Å². The summed E-state index contributed by atoms with van der Waals surface area (Å²) in [4.78, 5) is 0. The van der Waals surface area contributed by atoms with E-state index in [0.29, 0.717) is 11.8 Å². The molecule has 14 heavy (non-hydrogen) atoms. The number of phenolic OH excluding ortho intramolecular Hbond substituents is 2. The third-order valence-electron chi connectivity index (χ3n) is 3.36. The van der Waals surface area contributed by atoms with Crippen molar-refractivity contribution in [2.75, 3.05) is 0 Å². The second-order valence-corrected chi connectivity index (χ2v) is 4.11. The molecule has 4 rings (SSSR count). The topological polar surface area (TPSA) is 40.5 Å². The van der Waals surface area contributed by atoms with Gasteiger partial charge in [0.05, 0.1) is 0 Å². The lowest BCUT2D eigenvalue weighted by Gasteiger charge is -2.33. The molecule has 0 aliphatic heterocycles. The average molecular weight is 188 g/mol. The fraction of sp³-hybridized carbons (Fsp3) is 0.333. The number of aromatic hydroxyl groups is 2. The number of benzene rings is 1. The lowest BCUT2D eigenvalue weighted by molar-refractivity contribution is 0.390. The summed E-state index contributed by atoms with van der Waals surface area (Å²) in [5, 5.41) is 19.2. The van der Waals surface area contributed by atoms with Crippen molar-refractivity contribution >= 4 is 0 Å². The highest BCUT2D eigenvalue weighted by Crippen LogP contribution is 2.50. The Bertz CT molecular complexity index is 421. The summed E-state index contributed by atoms with van der Waals surface area (Å²) in [5.74, 6) is 0.842. The molecule has 0 aromatic heterocycles. The summed E-state index contributed by atoms with van der Waals surface area (Å²) in [6, 6.07) is 3.52. The molecule has 0 saturated heterocycles. The standard InChI is InChI=1S/C12H12O2/c13-10-6-5-9-7-1-3-8(4-2-7)11(9)12(10)14/h1,3,5-8,13-14H,2,4H2. The van der Waals surface area contributed by atoms with Crippen molar-refractivity contribution in [2.45, 2.75) is 24.7 Å². The Labute approximate surface area is 82.5 Å². The number of phenols is 2. The molecule has 72 valence electrons. The van der Waals surface area contributed by atoms with Gasteiger partial charge in [-0.1, -0.05) is 18.2 Å². The zero-order valence-corrected chi connectivity index (χ0v) is 7.77. The first-order chi connectivity index (χ1) is 6.77. The Kier molecular flexibility index (Phi) is 1.43. The lowest BCUT2D eigenvalue weighted by atomic mass is 9.71. The fourth-order valence-corrected chi connectivity index (χ4v) is 2.64. The van der Waals surface area contributed by atoms with E-state index in [1.54, 1.807) is 6.07 Å². The van der Waals surface area contributed by atoms with Crippen LogP contribution >= 0.6 is 0 Å². The van der Waals surface area contributed by atoms with Gasteiger partial charge in [-0.2, -0.15) is 0 Å². The van der Waals surface area contributed by atoms with Crippen molar-refractivity contribution in [2.24, 2.45) is 0 Å². The summed E-state index contributed by atoms with van der Waals surface area (Å²) in [6.07, 6.45) is 6.62. The predicted molar refractivity (Wildman–Crippen MR) is 53.6 cm³/mol. The summed E-state index contributed by atoms with van der Waals surface area (Å²) < 4.78 is 0. The van der Waals surface area contributed by atoms with Crippen molar-refractivity contribution in [3.63, 3.8) is 0 Å². The van der Waals surface area contributed by atoms with Gasteiger partial charge in [0.2, 0.25) is 0 Å². The number of hydrogen-bond donors (Lipinski definition) is 2. The van der Waals surface area contributed by atoms with Gasteiger partial charge in [-0.15, -0.1) is 0 Å². The van der Waals surface area contributed by atoms with Gasteiger partial charge in [-0.3, -0.25) is 0 Å². The monoisotopic (exact) mass is 188 g/mol. The van der Waals surface area contributed by atoms with E-state index >= 15 is 0 Å². The lowest BCUT2D eigenvalue weighted by Crippen LogP contribution is -2.16. The second-order valence-electron chi connectivity index (χ2n) is 4.11. The molecule has 0 spiro atoms. The Balaban J connectivity index is 2.28. The minimum atomic E-state index is 0.00435. The van der Waals surface area contributed by atoms with E-state index in [1.807, 2.05) is 6.07 Å². The molecule has 2 atom stereocenters. The Morgan fingerprint density at radius 1 is 1.00 bits per heavy atom. The second kappa shape index (κ2) is 2.53. The third kappa shape index (κ3) is 0.857. The first-order valence-electron chi connectivity index (χ1n) is 5.00. The third-order valence-corrected chi connectivity index (χ3v) is 3.36. The van der Waals surface area contributed by atoms with Gasteiger partial charge in [-0.25, -0.2) is 0 Å². The van der Waals surface area contributed by atoms with Crippen molar-refractivity contribution < 1.29 is 10.2 Å². The van der Waals surface area contributed by atoms with Crippen molar-refractivity contribution in [3.8, 4) is 11.5 Å². The largest absolute Gasteiger partial charge is 0.504 e. The smallest absolute Gasteiger partial charge is 0.161 e. The van der Waals surface area contributed by atoms with Crippen LogP contribution in [-0.2, 0) is 0 Å². The number of allylic oxidation sites excluding steroid dienone is 2. The highest BCUT2D eigenvalue weighted by Gasteiger charge is 2.31. The van der Waals surface area contributed by atoms with E-state index in [1.165, 1.54) is 12.0 Å². The van der Waals surface area contributed by atoms with Crippen LogP contribution in [-0.4, -0.2) is 10.2 Å². The molecule has 3 aliphatic carbocycles. The van der Waals surface area contributed by atoms with Crippen LogP contribution in [0.25, 0.3) is 0 Å². The van der Waals surface area contributed by atoms with Gasteiger partial charge >= 0.3 is 0 Å². The predicted octanol–water partition coefficient (Wildman–Crippen LogP) is 2.63. The molecule has 2 N–H and O–H groups in total. The van der Waals surface area contributed by atoms with Crippen molar-refractivity contribution in [1.82, 2.24) is 0 Å². The molecule has 2 nitrogen and oxygen atoms in total. The van der Waals surface area contributed by atoms with Crippen LogP contribution in [0.15, 0.2) is 24.3 Å². The first kappa shape index (κ1) is 7.92. The molecule has 1 aromatic rings. The maximum Gasteiger partial charge on any atom is 0.161 e. The Hall–Kier alpha value is -1.44. The molecule has 3 aliphatic rings. The summed E-state index contributed by atoms with van der Waals surface area (Å²) in [5.41, 5.74) is 2.14. The molecule has 2 heteroatoms. The molecule has 0 saturated carbocycles. The van der Waals surface area contributed by atoms with Crippen LogP contribution in [0, 0.1) is 0 Å². The molecule has 2 bridgehead atoms. The van der Waals surface area contributed by atoms with Gasteiger partial charge < -0.3 is 10.2 Å². The average Bonchev–Trinajstić information content (AvgIpc) is 2.25. The van der Waals surface area contributed by atoms with E-state index in [2.05, 4.69) is 12.2 Å². The Morgan fingerprint density at radius 3 is 2.43 bits per heavy atom. The molecule has 2 unspecified atom stereocenters. The number of hydrogen-bond acceptors (Lipinski definition) is 2. The van der Waals surface area contributed by atoms with E-state index < -0.39 is 0 Å². The first-order valence-corrected chi connectivity index (χ1v) is 5.00. The quantitative estimate of drug-likeness (QED) is 0.485. The van der Waals surface area contributed by atoms with E-state index in [0.717, 1.165) is 12.0 Å². The van der Waals surface area contributed by atoms with E-state index in [4.69, 9.17) is 0 Å². The summed E-state index contributed by atoms with van der Waals surface area (Å²) >= 11 is 0. The van der Waals surface area contributed by atoms with Gasteiger partial charge in [0, 0.05) is 17.4 Å². The van der Waals surface area contributed by atoms with Crippen LogP contribution in [0.5, 0.6) is 11.5 Å². The normalized spacial score (nSPS) is 27.7. The summed E-state index contributed by atoms with van der Waals surface area (Å²) in [7, 11) is 0. The van der Waals surface area contributed by atoms with Crippen LogP contribution in [0.4, 0.5) is 0 Å². The molecule has 0 amide bonds. The zero-order valence-electron chi connectivity index (χ0n) is 7.77. The van der Waals surface area contributed by atoms with Gasteiger partial charge in [0.1, 0.15) is 0 Å². The van der Waals surface area contributed by atoms with Crippen LogP contribution < -0.4 is 0 Å². The minimum absolute atomic E-state index is 0.00435. The molecule has 0 heterocycles. The van der Waals surface area contributed by atoms with Crippen molar-refractivity contribution in [1.29, 1.82) is 0 Å². The van der Waals surface area contributed by atoms with E-state index in [9.17, 15) is 10.2 Å². The molecule has 0 fully saturated rings. The minimum Gasteiger partial charge on any atom is -0.504 e. The number of fused-ring (bicyclic) bond motifs is 1. The maximum absolute atomic E-state index is 9.78. The SMILES string of the molecule is Oc1ccc2c(c1O)C1C=CC2CC1. The van der Waals surface area contributed by atoms with Gasteiger partial charge in [0.25, 0.3) is 0 Å². The van der Waals surface area contributed by atoms with Crippen LogP contribution in [0.1, 0.15) is 35.8 Å². The molecule has 0 radical (unpaired) electrons.